The van der Waals surface area contributed by atoms with Crippen molar-refractivity contribution in [1.29, 1.82) is 0 Å². The van der Waals surface area contributed by atoms with E-state index in [1.807, 2.05) is 24.3 Å². The average Bonchev–Trinajstić information content (AvgIpc) is 3.32. The number of rotatable bonds is 3. The third-order valence-electron chi connectivity index (χ3n) is 5.37. The number of aromatic nitrogens is 2. The first-order valence-corrected chi connectivity index (χ1v) is 8.94. The van der Waals surface area contributed by atoms with E-state index in [0.717, 1.165) is 31.4 Å². The quantitative estimate of drug-likeness (QED) is 0.911. The van der Waals surface area contributed by atoms with E-state index in [2.05, 4.69) is 10.4 Å². The number of nitrogens with zero attached hydrogens (tertiary/aromatic N) is 3. The molecule has 1 N–H and O–H groups in total. The highest BCUT2D eigenvalue weighted by Gasteiger charge is 2.50. The van der Waals surface area contributed by atoms with Crippen molar-refractivity contribution in [3.63, 3.8) is 0 Å². The van der Waals surface area contributed by atoms with Crippen LogP contribution >= 0.6 is 0 Å². The van der Waals surface area contributed by atoms with Gasteiger partial charge in [-0.1, -0.05) is 12.1 Å². The van der Waals surface area contributed by atoms with E-state index in [9.17, 15) is 9.59 Å². The summed E-state index contributed by atoms with van der Waals surface area (Å²) < 4.78 is 7.00. The minimum Gasteiger partial charge on any atom is -0.494 e. The topological polar surface area (TPSA) is 76.5 Å². The Bertz CT molecular complexity index is 847. The number of benzene rings is 1. The summed E-state index contributed by atoms with van der Waals surface area (Å²) in [4.78, 5) is 27.4. The summed E-state index contributed by atoms with van der Waals surface area (Å²) in [5.41, 5.74) is 0.554. The molecule has 0 aliphatic carbocycles. The second kappa shape index (κ2) is 6.48. The van der Waals surface area contributed by atoms with Crippen molar-refractivity contribution in [2.45, 2.75) is 31.2 Å². The molecule has 1 spiro atoms. The van der Waals surface area contributed by atoms with Gasteiger partial charge in [-0.3, -0.25) is 9.59 Å². The Morgan fingerprint density at radius 1 is 1.27 bits per heavy atom. The number of carbonyl (C=O) groups excluding carboxylic acids is 2. The Kier molecular flexibility index (Phi) is 4.14. The molecule has 3 heterocycles. The Balaban J connectivity index is 1.63. The lowest BCUT2D eigenvalue weighted by Gasteiger charge is -2.39. The smallest absolute Gasteiger partial charge is 0.257 e. The van der Waals surface area contributed by atoms with Gasteiger partial charge >= 0.3 is 0 Å². The number of ether oxygens (including phenoxy) is 1. The number of carbonyl (C=O) groups is 2. The molecule has 0 bridgehead atoms. The highest BCUT2D eigenvalue weighted by Crippen LogP contribution is 2.36. The van der Waals surface area contributed by atoms with Crippen molar-refractivity contribution in [1.82, 2.24) is 20.0 Å². The van der Waals surface area contributed by atoms with Crippen LogP contribution in [0.5, 0.6) is 5.75 Å². The molecule has 1 aromatic carbocycles. The molecule has 1 aromatic heterocycles. The Morgan fingerprint density at radius 3 is 2.88 bits per heavy atom. The molecule has 2 amide bonds. The third kappa shape index (κ3) is 2.55. The van der Waals surface area contributed by atoms with Gasteiger partial charge < -0.3 is 15.0 Å². The van der Waals surface area contributed by atoms with Gasteiger partial charge in [0.1, 0.15) is 17.0 Å². The molecule has 4 rings (SSSR count). The molecule has 1 atom stereocenters. The number of hydrogen-bond acceptors (Lipinski definition) is 4. The molecule has 0 saturated carbocycles. The zero-order valence-corrected chi connectivity index (χ0v) is 14.8. The molecule has 0 radical (unpaired) electrons. The van der Waals surface area contributed by atoms with Gasteiger partial charge in [0, 0.05) is 19.3 Å². The molecule has 136 valence electrons. The molecule has 2 aliphatic rings. The summed E-state index contributed by atoms with van der Waals surface area (Å²) >= 11 is 0. The summed E-state index contributed by atoms with van der Waals surface area (Å²) in [5, 5.41) is 7.26. The fraction of sp³-hybridized carbons (Fsp3) is 0.421. The molecule has 7 nitrogen and oxygen atoms in total. The van der Waals surface area contributed by atoms with Crippen molar-refractivity contribution in [2.75, 3.05) is 20.2 Å². The molecule has 7 heteroatoms. The van der Waals surface area contributed by atoms with Gasteiger partial charge in [-0.05, 0) is 37.8 Å². The van der Waals surface area contributed by atoms with Crippen LogP contribution in [0.3, 0.4) is 0 Å². The van der Waals surface area contributed by atoms with E-state index < -0.39 is 5.54 Å². The Hall–Kier alpha value is -2.83. The molecule has 26 heavy (non-hydrogen) atoms. The maximum atomic E-state index is 13.1. The second-order valence-corrected chi connectivity index (χ2v) is 6.80. The maximum Gasteiger partial charge on any atom is 0.257 e. The number of methoxy groups -OCH3 is 1. The van der Waals surface area contributed by atoms with Crippen LogP contribution in [0.15, 0.2) is 36.7 Å². The molecule has 2 aliphatic heterocycles. The summed E-state index contributed by atoms with van der Waals surface area (Å²) in [7, 11) is 1.60. The molecular formula is C19H22N4O3. The van der Waals surface area contributed by atoms with Gasteiger partial charge in [0.05, 0.1) is 18.9 Å². The van der Waals surface area contributed by atoms with Gasteiger partial charge in [-0.15, -0.1) is 0 Å². The van der Waals surface area contributed by atoms with Gasteiger partial charge in [0.2, 0.25) is 5.91 Å². The number of para-hydroxylation sites is 2. The predicted molar refractivity (Wildman–Crippen MR) is 95.4 cm³/mol. The maximum absolute atomic E-state index is 13.1. The highest BCUT2D eigenvalue weighted by molar-refractivity contribution is 5.99. The van der Waals surface area contributed by atoms with Gasteiger partial charge in [-0.25, -0.2) is 4.68 Å². The van der Waals surface area contributed by atoms with Crippen LogP contribution in [0, 0.1) is 0 Å². The lowest BCUT2D eigenvalue weighted by atomic mass is 9.86. The number of piperidine rings is 1. The van der Waals surface area contributed by atoms with E-state index in [1.54, 1.807) is 29.1 Å². The number of hydrogen-bond donors (Lipinski definition) is 1. The van der Waals surface area contributed by atoms with E-state index in [1.165, 1.54) is 0 Å². The fourth-order valence-electron chi connectivity index (χ4n) is 4.07. The van der Waals surface area contributed by atoms with E-state index in [-0.39, 0.29) is 11.8 Å². The third-order valence-corrected chi connectivity index (χ3v) is 5.37. The number of amides is 2. The first-order chi connectivity index (χ1) is 12.7. The summed E-state index contributed by atoms with van der Waals surface area (Å²) in [5.74, 6) is 0.520. The molecule has 2 saturated heterocycles. The monoisotopic (exact) mass is 354 g/mol. The van der Waals surface area contributed by atoms with Gasteiger partial charge in [0.25, 0.3) is 5.91 Å². The Morgan fingerprint density at radius 2 is 2.08 bits per heavy atom. The van der Waals surface area contributed by atoms with Gasteiger partial charge in [0.15, 0.2) is 0 Å². The molecule has 2 aromatic rings. The van der Waals surface area contributed by atoms with Crippen molar-refractivity contribution in [2.24, 2.45) is 0 Å². The number of likely N-dealkylation sites (tertiary alicyclic amines) is 1. The van der Waals surface area contributed by atoms with Crippen LogP contribution in [0.2, 0.25) is 0 Å². The van der Waals surface area contributed by atoms with Crippen LogP contribution in [0.1, 0.15) is 36.0 Å². The van der Waals surface area contributed by atoms with Crippen LogP contribution in [0.4, 0.5) is 0 Å². The zero-order chi connectivity index (χ0) is 18.1. The molecule has 2 fully saturated rings. The first-order valence-electron chi connectivity index (χ1n) is 8.94. The van der Waals surface area contributed by atoms with Crippen LogP contribution in [0.25, 0.3) is 5.69 Å². The minimum absolute atomic E-state index is 0.0216. The fourth-order valence-corrected chi connectivity index (χ4v) is 4.07. The minimum atomic E-state index is -0.693. The molecule has 1 unspecified atom stereocenters. The van der Waals surface area contributed by atoms with Crippen LogP contribution in [-0.4, -0.2) is 52.2 Å². The first kappa shape index (κ1) is 16.6. The van der Waals surface area contributed by atoms with Crippen LogP contribution < -0.4 is 10.1 Å². The molecular weight excluding hydrogens is 332 g/mol. The summed E-state index contributed by atoms with van der Waals surface area (Å²) in [6.45, 7) is 1.29. The highest BCUT2D eigenvalue weighted by atomic mass is 16.5. The summed E-state index contributed by atoms with van der Waals surface area (Å²) in [6.07, 6.45) is 6.46. The van der Waals surface area contributed by atoms with Crippen molar-refractivity contribution >= 4 is 11.8 Å². The lowest BCUT2D eigenvalue weighted by Crippen LogP contribution is -2.60. The van der Waals surface area contributed by atoms with Crippen molar-refractivity contribution in [3.05, 3.63) is 42.2 Å². The average molecular weight is 354 g/mol. The van der Waals surface area contributed by atoms with E-state index >= 15 is 0 Å². The number of nitrogens with one attached hydrogen (secondary N) is 1. The van der Waals surface area contributed by atoms with Crippen molar-refractivity contribution < 1.29 is 14.3 Å². The second-order valence-electron chi connectivity index (χ2n) is 6.80. The largest absolute Gasteiger partial charge is 0.494 e. The van der Waals surface area contributed by atoms with Crippen LogP contribution in [-0.2, 0) is 4.79 Å². The summed E-state index contributed by atoms with van der Waals surface area (Å²) in [6, 6.07) is 7.50. The zero-order valence-electron chi connectivity index (χ0n) is 14.8. The van der Waals surface area contributed by atoms with Gasteiger partial charge in [-0.2, -0.15) is 5.10 Å². The normalized spacial score (nSPS) is 22.5. The standard InChI is InChI=1S/C19H22N4O3/c1-26-16-7-3-2-6-15(16)23-13-14(12-21-23)17(24)22-11-5-9-19(22)8-4-10-20-18(19)25/h2-3,6-7,12-13H,4-5,8-11H2,1H3,(H,20,25). The van der Waals surface area contributed by atoms with Crippen molar-refractivity contribution in [3.8, 4) is 11.4 Å². The van der Waals surface area contributed by atoms with E-state index in [4.69, 9.17) is 4.74 Å². The SMILES string of the molecule is COc1ccccc1-n1cc(C(=O)N2CCCC23CCCNC3=O)cn1. The predicted octanol–water partition coefficient (Wildman–Crippen LogP) is 1.77. The van der Waals surface area contributed by atoms with E-state index in [0.29, 0.717) is 24.4 Å². The Labute approximate surface area is 151 Å². The lowest BCUT2D eigenvalue weighted by molar-refractivity contribution is -0.133.